The van der Waals surface area contributed by atoms with Crippen LogP contribution in [0.3, 0.4) is 0 Å². The third-order valence-electron chi connectivity index (χ3n) is 5.80. The number of fused-ring (bicyclic) bond motifs is 5. The highest BCUT2D eigenvalue weighted by molar-refractivity contribution is 5.93. The maximum Gasteiger partial charge on any atom is 0.112 e. The van der Waals surface area contributed by atoms with Crippen molar-refractivity contribution in [2.75, 3.05) is 0 Å². The van der Waals surface area contributed by atoms with Crippen LogP contribution < -0.4 is 0 Å². The Bertz CT molecular complexity index is 1120. The van der Waals surface area contributed by atoms with Gasteiger partial charge in [-0.2, -0.15) is 0 Å². The van der Waals surface area contributed by atoms with Crippen LogP contribution in [0.1, 0.15) is 29.7 Å². The van der Waals surface area contributed by atoms with Gasteiger partial charge in [0, 0.05) is 16.5 Å². The standard InChI is InChI=1S/C24H21NO/c1-16-18-12-7-9-15-21(18)25-22(16)19-13-6-8-14-20(19)24(2,26)23(25)17-10-4-3-5-11-17/h3-15,23,26H,1-2H3/t23-,24+/m0/s1. The molecule has 5 rings (SSSR count). The molecule has 0 saturated heterocycles. The van der Waals surface area contributed by atoms with E-state index in [1.54, 1.807) is 0 Å². The highest BCUT2D eigenvalue weighted by Gasteiger charge is 2.44. The Balaban J connectivity index is 1.97. The second-order valence-electron chi connectivity index (χ2n) is 7.37. The summed E-state index contributed by atoms with van der Waals surface area (Å²) in [4.78, 5) is 0. The Morgan fingerprint density at radius 2 is 1.50 bits per heavy atom. The van der Waals surface area contributed by atoms with Crippen molar-refractivity contribution < 1.29 is 5.11 Å². The number of nitrogens with zero attached hydrogens (tertiary/aromatic N) is 1. The molecule has 2 atom stereocenters. The molecule has 0 fully saturated rings. The second kappa shape index (κ2) is 5.33. The van der Waals surface area contributed by atoms with Gasteiger partial charge in [0.1, 0.15) is 5.60 Å². The van der Waals surface area contributed by atoms with E-state index in [1.807, 2.05) is 31.2 Å². The van der Waals surface area contributed by atoms with Gasteiger partial charge >= 0.3 is 0 Å². The van der Waals surface area contributed by atoms with Crippen LogP contribution in [0, 0.1) is 6.92 Å². The molecule has 0 spiro atoms. The zero-order valence-corrected chi connectivity index (χ0v) is 15.0. The molecular weight excluding hydrogens is 318 g/mol. The van der Waals surface area contributed by atoms with E-state index in [0.29, 0.717) is 0 Å². The first-order valence-electron chi connectivity index (χ1n) is 9.07. The van der Waals surface area contributed by atoms with E-state index in [0.717, 1.165) is 16.7 Å². The van der Waals surface area contributed by atoms with Gasteiger partial charge in [-0.3, -0.25) is 0 Å². The third kappa shape index (κ3) is 1.91. The number of rotatable bonds is 1. The van der Waals surface area contributed by atoms with E-state index in [2.05, 4.69) is 66.1 Å². The van der Waals surface area contributed by atoms with Crippen LogP contribution >= 0.6 is 0 Å². The summed E-state index contributed by atoms with van der Waals surface area (Å²) in [6.07, 6.45) is 0. The molecule has 0 saturated carbocycles. The minimum Gasteiger partial charge on any atom is -0.383 e. The number of aryl methyl sites for hydroxylation is 1. The molecule has 2 nitrogen and oxygen atoms in total. The SMILES string of the molecule is Cc1c2n(c3ccccc13)[C@@H](c1ccccc1)[C@](C)(O)c1ccccc1-2. The van der Waals surface area contributed by atoms with Crippen LogP contribution in [0.2, 0.25) is 0 Å². The average molecular weight is 339 g/mol. The zero-order valence-electron chi connectivity index (χ0n) is 15.0. The molecule has 0 aliphatic carbocycles. The van der Waals surface area contributed by atoms with Gasteiger partial charge in [0.15, 0.2) is 0 Å². The third-order valence-corrected chi connectivity index (χ3v) is 5.80. The van der Waals surface area contributed by atoms with Gasteiger partial charge in [0.05, 0.1) is 11.7 Å². The van der Waals surface area contributed by atoms with E-state index in [1.165, 1.54) is 22.2 Å². The van der Waals surface area contributed by atoms with Crippen molar-refractivity contribution in [3.63, 3.8) is 0 Å². The number of hydrogen-bond acceptors (Lipinski definition) is 1. The first-order chi connectivity index (χ1) is 12.6. The van der Waals surface area contributed by atoms with Crippen molar-refractivity contribution in [3.05, 3.63) is 95.6 Å². The van der Waals surface area contributed by atoms with Crippen molar-refractivity contribution >= 4 is 10.9 Å². The molecule has 1 aliphatic heterocycles. The summed E-state index contributed by atoms with van der Waals surface area (Å²) in [6.45, 7) is 4.13. The lowest BCUT2D eigenvalue weighted by Crippen LogP contribution is -2.38. The molecule has 0 radical (unpaired) electrons. The van der Waals surface area contributed by atoms with Crippen LogP contribution in [0.25, 0.3) is 22.2 Å². The summed E-state index contributed by atoms with van der Waals surface area (Å²) in [5, 5.41) is 13.0. The molecule has 2 heterocycles. The lowest BCUT2D eigenvalue weighted by Gasteiger charge is -2.41. The smallest absolute Gasteiger partial charge is 0.112 e. The summed E-state index contributed by atoms with van der Waals surface area (Å²) >= 11 is 0. The van der Waals surface area contributed by atoms with Crippen molar-refractivity contribution in [2.45, 2.75) is 25.5 Å². The Kier molecular flexibility index (Phi) is 3.16. The van der Waals surface area contributed by atoms with Crippen LogP contribution in [-0.4, -0.2) is 9.67 Å². The summed E-state index contributed by atoms with van der Waals surface area (Å²) in [5.74, 6) is 0. The Morgan fingerprint density at radius 3 is 2.31 bits per heavy atom. The molecule has 1 aromatic heterocycles. The highest BCUT2D eigenvalue weighted by Crippen LogP contribution is 2.51. The molecule has 0 amide bonds. The summed E-state index contributed by atoms with van der Waals surface area (Å²) in [5.41, 5.74) is 5.88. The molecule has 4 aromatic rings. The molecule has 1 aliphatic rings. The number of aliphatic hydroxyl groups is 1. The predicted molar refractivity (Wildman–Crippen MR) is 106 cm³/mol. The Hall–Kier alpha value is -2.84. The van der Waals surface area contributed by atoms with E-state index in [9.17, 15) is 5.11 Å². The van der Waals surface area contributed by atoms with E-state index >= 15 is 0 Å². The maximum atomic E-state index is 11.7. The van der Waals surface area contributed by atoms with E-state index in [4.69, 9.17) is 0 Å². The minimum atomic E-state index is -1.00. The van der Waals surface area contributed by atoms with E-state index < -0.39 is 5.60 Å². The first-order valence-corrected chi connectivity index (χ1v) is 9.07. The normalized spacial score (nSPS) is 21.4. The lowest BCUT2D eigenvalue weighted by molar-refractivity contribution is 0.0150. The van der Waals surface area contributed by atoms with E-state index in [-0.39, 0.29) is 6.04 Å². The van der Waals surface area contributed by atoms with Gasteiger partial charge in [-0.15, -0.1) is 0 Å². The average Bonchev–Trinajstić information content (AvgIpc) is 2.96. The molecule has 2 heteroatoms. The van der Waals surface area contributed by atoms with Gasteiger partial charge in [0.25, 0.3) is 0 Å². The van der Waals surface area contributed by atoms with Crippen LogP contribution in [0.4, 0.5) is 0 Å². The molecule has 128 valence electrons. The fraction of sp³-hybridized carbons (Fsp3) is 0.167. The monoisotopic (exact) mass is 339 g/mol. The van der Waals surface area contributed by atoms with Gasteiger partial charge in [-0.05, 0) is 36.6 Å². The maximum absolute atomic E-state index is 11.7. The molecule has 26 heavy (non-hydrogen) atoms. The fourth-order valence-electron chi connectivity index (χ4n) is 4.67. The van der Waals surface area contributed by atoms with Gasteiger partial charge in [-0.25, -0.2) is 0 Å². The number of hydrogen-bond donors (Lipinski definition) is 1. The van der Waals surface area contributed by atoms with Gasteiger partial charge in [0.2, 0.25) is 0 Å². The number of benzene rings is 3. The second-order valence-corrected chi connectivity index (χ2v) is 7.37. The fourth-order valence-corrected chi connectivity index (χ4v) is 4.67. The van der Waals surface area contributed by atoms with Crippen LogP contribution in [-0.2, 0) is 5.60 Å². The first kappa shape index (κ1) is 15.4. The Morgan fingerprint density at radius 1 is 0.846 bits per heavy atom. The lowest BCUT2D eigenvalue weighted by atomic mass is 9.77. The van der Waals surface area contributed by atoms with Crippen molar-refractivity contribution in [3.8, 4) is 11.3 Å². The van der Waals surface area contributed by atoms with Crippen molar-refractivity contribution in [1.29, 1.82) is 0 Å². The molecular formula is C24H21NO. The molecule has 0 bridgehead atoms. The molecule has 0 unspecified atom stereocenters. The molecule has 3 aromatic carbocycles. The van der Waals surface area contributed by atoms with Crippen LogP contribution in [0.5, 0.6) is 0 Å². The van der Waals surface area contributed by atoms with Gasteiger partial charge in [-0.1, -0.05) is 72.8 Å². The van der Waals surface area contributed by atoms with Gasteiger partial charge < -0.3 is 9.67 Å². The summed E-state index contributed by atoms with van der Waals surface area (Å²) in [6, 6.07) is 26.9. The topological polar surface area (TPSA) is 25.2 Å². The van der Waals surface area contributed by atoms with Crippen molar-refractivity contribution in [2.24, 2.45) is 0 Å². The largest absolute Gasteiger partial charge is 0.383 e. The Labute approximate surface area is 153 Å². The summed E-state index contributed by atoms with van der Waals surface area (Å²) < 4.78 is 2.34. The molecule has 1 N–H and O–H groups in total. The zero-order chi connectivity index (χ0) is 17.9. The summed E-state index contributed by atoms with van der Waals surface area (Å²) in [7, 11) is 0. The number of aromatic nitrogens is 1. The minimum absolute atomic E-state index is 0.174. The number of para-hydroxylation sites is 1. The quantitative estimate of drug-likeness (QED) is 0.492. The van der Waals surface area contributed by atoms with Crippen LogP contribution in [0.15, 0.2) is 78.9 Å². The van der Waals surface area contributed by atoms with Crippen molar-refractivity contribution in [1.82, 2.24) is 4.57 Å². The predicted octanol–water partition coefficient (Wildman–Crippen LogP) is 5.43. The highest BCUT2D eigenvalue weighted by atomic mass is 16.3.